The SMILES string of the molecule is COC(=O)Nc1ccc(CNC(=O)c2ccn(-c3cccc(F)c3)n2)cc1. The Morgan fingerprint density at radius 3 is 2.63 bits per heavy atom. The van der Waals surface area contributed by atoms with Gasteiger partial charge in [-0.2, -0.15) is 5.10 Å². The highest BCUT2D eigenvalue weighted by Crippen LogP contribution is 2.11. The van der Waals surface area contributed by atoms with Crippen LogP contribution in [0.25, 0.3) is 5.69 Å². The van der Waals surface area contributed by atoms with Crippen molar-refractivity contribution in [3.63, 3.8) is 0 Å². The van der Waals surface area contributed by atoms with E-state index < -0.39 is 6.09 Å². The number of amides is 2. The Bertz CT molecular complexity index is 954. The van der Waals surface area contributed by atoms with Gasteiger partial charge in [-0.05, 0) is 42.0 Å². The number of hydrogen-bond donors (Lipinski definition) is 2. The van der Waals surface area contributed by atoms with Crippen molar-refractivity contribution in [1.82, 2.24) is 15.1 Å². The first-order valence-electron chi connectivity index (χ1n) is 8.09. The van der Waals surface area contributed by atoms with Crippen LogP contribution in [0.5, 0.6) is 0 Å². The van der Waals surface area contributed by atoms with Gasteiger partial charge in [0, 0.05) is 18.4 Å². The van der Waals surface area contributed by atoms with Crippen molar-refractivity contribution in [2.24, 2.45) is 0 Å². The summed E-state index contributed by atoms with van der Waals surface area (Å²) in [4.78, 5) is 23.4. The van der Waals surface area contributed by atoms with Crippen molar-refractivity contribution < 1.29 is 18.7 Å². The number of anilines is 1. The molecule has 138 valence electrons. The summed E-state index contributed by atoms with van der Waals surface area (Å²) in [5, 5.41) is 9.47. The van der Waals surface area contributed by atoms with E-state index >= 15 is 0 Å². The minimum Gasteiger partial charge on any atom is -0.453 e. The van der Waals surface area contributed by atoms with Gasteiger partial charge in [-0.15, -0.1) is 0 Å². The molecule has 0 radical (unpaired) electrons. The molecule has 0 unspecified atom stereocenters. The Hall–Kier alpha value is -3.68. The lowest BCUT2D eigenvalue weighted by molar-refractivity contribution is 0.0945. The van der Waals surface area contributed by atoms with E-state index in [-0.39, 0.29) is 17.4 Å². The summed E-state index contributed by atoms with van der Waals surface area (Å²) in [7, 11) is 1.29. The van der Waals surface area contributed by atoms with Crippen LogP contribution in [-0.2, 0) is 11.3 Å². The van der Waals surface area contributed by atoms with Crippen LogP contribution >= 0.6 is 0 Å². The van der Waals surface area contributed by atoms with Gasteiger partial charge in [-0.25, -0.2) is 13.9 Å². The van der Waals surface area contributed by atoms with E-state index in [0.29, 0.717) is 17.9 Å². The molecule has 0 aliphatic heterocycles. The predicted molar refractivity (Wildman–Crippen MR) is 97.2 cm³/mol. The number of nitrogens with zero attached hydrogens (tertiary/aromatic N) is 2. The zero-order chi connectivity index (χ0) is 19.2. The van der Waals surface area contributed by atoms with E-state index in [1.54, 1.807) is 48.7 Å². The highest BCUT2D eigenvalue weighted by molar-refractivity contribution is 5.92. The second-order valence-corrected chi connectivity index (χ2v) is 5.62. The number of halogens is 1. The van der Waals surface area contributed by atoms with Crippen molar-refractivity contribution in [1.29, 1.82) is 0 Å². The third-order valence-electron chi connectivity index (χ3n) is 3.73. The molecule has 7 nitrogen and oxygen atoms in total. The average Bonchev–Trinajstić information content (AvgIpc) is 3.17. The van der Waals surface area contributed by atoms with Gasteiger partial charge in [-0.3, -0.25) is 10.1 Å². The maximum atomic E-state index is 13.3. The van der Waals surface area contributed by atoms with E-state index in [1.165, 1.54) is 23.9 Å². The summed E-state index contributed by atoms with van der Waals surface area (Å²) in [6.45, 7) is 0.296. The Morgan fingerprint density at radius 1 is 1.15 bits per heavy atom. The van der Waals surface area contributed by atoms with E-state index in [4.69, 9.17) is 0 Å². The molecule has 0 aliphatic carbocycles. The summed E-state index contributed by atoms with van der Waals surface area (Å²) in [6, 6.07) is 14.5. The molecule has 0 saturated heterocycles. The van der Waals surface area contributed by atoms with Crippen LogP contribution in [0.15, 0.2) is 60.8 Å². The van der Waals surface area contributed by atoms with Crippen molar-refractivity contribution in [2.75, 3.05) is 12.4 Å². The second kappa shape index (κ2) is 8.13. The molecule has 0 aliphatic rings. The second-order valence-electron chi connectivity index (χ2n) is 5.62. The summed E-state index contributed by atoms with van der Waals surface area (Å²) < 4.78 is 19.2. The summed E-state index contributed by atoms with van der Waals surface area (Å²) in [5.74, 6) is -0.721. The third-order valence-corrected chi connectivity index (χ3v) is 3.73. The number of carbonyl (C=O) groups excluding carboxylic acids is 2. The van der Waals surface area contributed by atoms with Gasteiger partial charge in [0.05, 0.1) is 12.8 Å². The fraction of sp³-hybridized carbons (Fsp3) is 0.105. The first kappa shape index (κ1) is 18.1. The van der Waals surface area contributed by atoms with Crippen LogP contribution in [0.2, 0.25) is 0 Å². The molecule has 27 heavy (non-hydrogen) atoms. The molecule has 1 heterocycles. The minimum absolute atomic E-state index is 0.225. The van der Waals surface area contributed by atoms with Gasteiger partial charge in [0.15, 0.2) is 5.69 Å². The van der Waals surface area contributed by atoms with Crippen LogP contribution in [0.4, 0.5) is 14.9 Å². The predicted octanol–water partition coefficient (Wildman–Crippen LogP) is 3.12. The largest absolute Gasteiger partial charge is 0.453 e. The number of hydrogen-bond acceptors (Lipinski definition) is 4. The van der Waals surface area contributed by atoms with Crippen molar-refractivity contribution >= 4 is 17.7 Å². The molecule has 2 N–H and O–H groups in total. The maximum absolute atomic E-state index is 13.3. The first-order valence-corrected chi connectivity index (χ1v) is 8.09. The number of methoxy groups -OCH3 is 1. The van der Waals surface area contributed by atoms with Crippen molar-refractivity contribution in [3.8, 4) is 5.69 Å². The summed E-state index contributed by atoms with van der Waals surface area (Å²) in [5.41, 5.74) is 2.19. The fourth-order valence-electron chi connectivity index (χ4n) is 2.36. The maximum Gasteiger partial charge on any atom is 0.411 e. The van der Waals surface area contributed by atoms with Crippen LogP contribution in [-0.4, -0.2) is 28.9 Å². The molecule has 0 spiro atoms. The van der Waals surface area contributed by atoms with E-state index in [9.17, 15) is 14.0 Å². The molecule has 0 bridgehead atoms. The Labute approximate surface area is 154 Å². The molecule has 2 aromatic carbocycles. The van der Waals surface area contributed by atoms with Crippen LogP contribution in [0.1, 0.15) is 16.1 Å². The molecular formula is C19H17FN4O3. The molecule has 3 aromatic rings. The van der Waals surface area contributed by atoms with Crippen LogP contribution in [0, 0.1) is 5.82 Å². The molecule has 0 fully saturated rings. The number of nitrogens with one attached hydrogen (secondary N) is 2. The number of benzene rings is 2. The monoisotopic (exact) mass is 368 g/mol. The van der Waals surface area contributed by atoms with Gasteiger partial charge >= 0.3 is 6.09 Å². The number of ether oxygens (including phenoxy) is 1. The molecule has 8 heteroatoms. The van der Waals surface area contributed by atoms with Crippen molar-refractivity contribution in [2.45, 2.75) is 6.54 Å². The van der Waals surface area contributed by atoms with Gasteiger partial charge in [0.2, 0.25) is 0 Å². The minimum atomic E-state index is -0.551. The lowest BCUT2D eigenvalue weighted by Gasteiger charge is -2.06. The lowest BCUT2D eigenvalue weighted by atomic mass is 10.2. The molecule has 1 aromatic heterocycles. The summed E-state index contributed by atoms with van der Waals surface area (Å²) in [6.07, 6.45) is 1.04. The Morgan fingerprint density at radius 2 is 1.93 bits per heavy atom. The highest BCUT2D eigenvalue weighted by atomic mass is 19.1. The molecule has 0 atom stereocenters. The highest BCUT2D eigenvalue weighted by Gasteiger charge is 2.10. The first-order chi connectivity index (χ1) is 13.0. The van der Waals surface area contributed by atoms with E-state index in [0.717, 1.165) is 5.56 Å². The topological polar surface area (TPSA) is 85.3 Å². The number of aromatic nitrogens is 2. The zero-order valence-electron chi connectivity index (χ0n) is 14.5. The number of rotatable bonds is 5. The smallest absolute Gasteiger partial charge is 0.411 e. The molecule has 3 rings (SSSR count). The molecular weight excluding hydrogens is 351 g/mol. The fourth-order valence-corrected chi connectivity index (χ4v) is 2.36. The number of carbonyl (C=O) groups is 2. The Balaban J connectivity index is 1.59. The van der Waals surface area contributed by atoms with E-state index in [2.05, 4.69) is 20.5 Å². The lowest BCUT2D eigenvalue weighted by Crippen LogP contribution is -2.23. The van der Waals surface area contributed by atoms with Crippen molar-refractivity contribution in [3.05, 3.63) is 77.9 Å². The molecule has 2 amide bonds. The van der Waals surface area contributed by atoms with Gasteiger partial charge in [0.25, 0.3) is 5.91 Å². The molecule has 0 saturated carbocycles. The standard InChI is InChI=1S/C19H17FN4O3/c1-27-19(26)22-15-7-5-13(6-8-15)12-21-18(25)17-9-10-24(23-17)16-4-2-3-14(20)11-16/h2-11H,12H2,1H3,(H,21,25)(H,22,26). The van der Waals surface area contributed by atoms with Crippen LogP contribution in [0.3, 0.4) is 0 Å². The van der Waals surface area contributed by atoms with Gasteiger partial charge in [-0.1, -0.05) is 18.2 Å². The Kier molecular flexibility index (Phi) is 5.46. The van der Waals surface area contributed by atoms with Gasteiger partial charge < -0.3 is 10.1 Å². The normalized spacial score (nSPS) is 10.3. The zero-order valence-corrected chi connectivity index (χ0v) is 14.5. The quantitative estimate of drug-likeness (QED) is 0.725. The van der Waals surface area contributed by atoms with Gasteiger partial charge in [0.1, 0.15) is 5.82 Å². The third kappa shape index (κ3) is 4.69. The van der Waals surface area contributed by atoms with E-state index in [1.807, 2.05) is 0 Å². The summed E-state index contributed by atoms with van der Waals surface area (Å²) >= 11 is 0. The average molecular weight is 368 g/mol. The van der Waals surface area contributed by atoms with Crippen LogP contribution < -0.4 is 10.6 Å².